The third-order valence-corrected chi connectivity index (χ3v) is 4.81. The Morgan fingerprint density at radius 1 is 0.926 bits per heavy atom. The lowest BCUT2D eigenvalue weighted by Gasteiger charge is -2.20. The van der Waals surface area contributed by atoms with Gasteiger partial charge in [-0.3, -0.25) is 14.4 Å². The molecule has 0 saturated carbocycles. The van der Waals surface area contributed by atoms with Gasteiger partial charge < -0.3 is 9.47 Å². The van der Waals surface area contributed by atoms with Crippen molar-refractivity contribution >= 4 is 39.3 Å². The number of halogens is 1. The Morgan fingerprint density at radius 2 is 1.70 bits per heavy atom. The average Bonchev–Trinajstić information content (AvgIpc) is 2.73. The lowest BCUT2D eigenvalue weighted by atomic mass is 10.1. The molecule has 4 rings (SSSR count). The van der Waals surface area contributed by atoms with Crippen molar-refractivity contribution in [1.29, 1.82) is 0 Å². The van der Waals surface area contributed by atoms with E-state index >= 15 is 0 Å². The number of fused-ring (bicyclic) bond motifs is 3. The summed E-state index contributed by atoms with van der Waals surface area (Å²) in [5, 5.41) is 1.94. The first kappa shape index (κ1) is 17.4. The van der Waals surface area contributed by atoms with E-state index in [0.717, 1.165) is 44.6 Å². The van der Waals surface area contributed by atoms with Gasteiger partial charge in [-0.1, -0.05) is 6.07 Å². The first-order valence-corrected chi connectivity index (χ1v) is 8.81. The number of aromatic nitrogens is 2. The number of benzene rings is 2. The van der Waals surface area contributed by atoms with Crippen LogP contribution in [0.2, 0.25) is 0 Å². The summed E-state index contributed by atoms with van der Waals surface area (Å²) in [6.45, 7) is 0.463. The number of methoxy groups -OCH3 is 2. The van der Waals surface area contributed by atoms with E-state index in [4.69, 9.17) is 21.3 Å². The zero-order chi connectivity index (χ0) is 18.8. The summed E-state index contributed by atoms with van der Waals surface area (Å²) in [7, 11) is 3.27. The minimum atomic E-state index is 0.463. The predicted molar refractivity (Wildman–Crippen MR) is 109 cm³/mol. The second-order valence-electron chi connectivity index (χ2n) is 6.07. The smallest absolute Gasteiger partial charge is 0.127 e. The highest BCUT2D eigenvalue weighted by molar-refractivity contribution is 6.28. The van der Waals surface area contributed by atoms with Crippen LogP contribution in [-0.2, 0) is 6.54 Å². The summed E-state index contributed by atoms with van der Waals surface area (Å²) < 4.78 is 12.4. The third-order valence-electron chi connectivity index (χ3n) is 4.50. The van der Waals surface area contributed by atoms with Gasteiger partial charge in [0.2, 0.25) is 0 Å². The van der Waals surface area contributed by atoms with Gasteiger partial charge in [-0.15, -0.1) is 0 Å². The molecule has 0 atom stereocenters. The van der Waals surface area contributed by atoms with Crippen molar-refractivity contribution in [3.63, 3.8) is 0 Å². The maximum absolute atomic E-state index is 6.72. The van der Waals surface area contributed by atoms with E-state index < -0.39 is 0 Å². The van der Waals surface area contributed by atoms with Gasteiger partial charge in [0.1, 0.15) is 11.5 Å². The van der Waals surface area contributed by atoms with Crippen molar-refractivity contribution in [3.05, 3.63) is 66.5 Å². The summed E-state index contributed by atoms with van der Waals surface area (Å²) in [5.74, 6) is 1.47. The van der Waals surface area contributed by atoms with Crippen LogP contribution in [0.5, 0.6) is 11.5 Å². The molecule has 0 aliphatic carbocycles. The molecular formula is C21H18ClN3O2. The SMILES string of the molecule is COc1ccc(CN(Cl)c2cc3cccnc3c3ncccc23)c(OC)c1. The molecule has 5 nitrogen and oxygen atoms in total. The highest BCUT2D eigenvalue weighted by Crippen LogP contribution is 2.35. The van der Waals surface area contributed by atoms with Crippen molar-refractivity contribution in [2.45, 2.75) is 6.54 Å². The Morgan fingerprint density at radius 3 is 2.48 bits per heavy atom. The average molecular weight is 380 g/mol. The fraction of sp³-hybridized carbons (Fsp3) is 0.143. The summed E-state index contributed by atoms with van der Waals surface area (Å²) in [5.41, 5.74) is 3.52. The molecule has 0 amide bonds. The minimum absolute atomic E-state index is 0.463. The van der Waals surface area contributed by atoms with E-state index in [1.54, 1.807) is 31.0 Å². The molecule has 136 valence electrons. The van der Waals surface area contributed by atoms with Crippen LogP contribution in [0, 0.1) is 0 Å². The topological polar surface area (TPSA) is 47.5 Å². The molecule has 6 heteroatoms. The standard InChI is InChI=1S/C21H18ClN3O2/c1-26-16-8-7-15(19(12-16)27-2)13-25(22)18-11-14-5-3-9-23-20(14)21-17(18)6-4-10-24-21/h3-12H,13H2,1-2H3. The number of anilines is 1. The van der Waals surface area contributed by atoms with Crippen LogP contribution in [0.4, 0.5) is 5.69 Å². The van der Waals surface area contributed by atoms with E-state index in [1.165, 1.54) is 0 Å². The zero-order valence-electron chi connectivity index (χ0n) is 15.0. The quantitative estimate of drug-likeness (QED) is 0.362. The second kappa shape index (κ2) is 7.29. The van der Waals surface area contributed by atoms with E-state index in [2.05, 4.69) is 9.97 Å². The van der Waals surface area contributed by atoms with Crippen LogP contribution < -0.4 is 13.9 Å². The lowest BCUT2D eigenvalue weighted by Crippen LogP contribution is -2.11. The number of hydrogen-bond donors (Lipinski definition) is 0. The van der Waals surface area contributed by atoms with Crippen LogP contribution in [0.1, 0.15) is 5.56 Å². The molecule has 0 aliphatic rings. The van der Waals surface area contributed by atoms with Crippen molar-refractivity contribution in [3.8, 4) is 11.5 Å². The third kappa shape index (κ3) is 3.22. The maximum Gasteiger partial charge on any atom is 0.127 e. The maximum atomic E-state index is 6.72. The highest BCUT2D eigenvalue weighted by Gasteiger charge is 2.15. The first-order valence-electron chi connectivity index (χ1n) is 8.48. The fourth-order valence-corrected chi connectivity index (χ4v) is 3.44. The van der Waals surface area contributed by atoms with Crippen LogP contribution in [-0.4, -0.2) is 24.2 Å². The van der Waals surface area contributed by atoms with Crippen molar-refractivity contribution in [2.75, 3.05) is 18.6 Å². The molecule has 0 bridgehead atoms. The van der Waals surface area contributed by atoms with Gasteiger partial charge in [0.05, 0.1) is 37.5 Å². The number of rotatable bonds is 5. The van der Waals surface area contributed by atoms with Gasteiger partial charge in [0.15, 0.2) is 0 Å². The zero-order valence-corrected chi connectivity index (χ0v) is 15.8. The molecule has 0 spiro atoms. The van der Waals surface area contributed by atoms with Gasteiger partial charge in [0, 0.05) is 46.6 Å². The van der Waals surface area contributed by atoms with Gasteiger partial charge in [-0.05, 0) is 36.4 Å². The predicted octanol–water partition coefficient (Wildman–Crippen LogP) is 4.96. The molecule has 27 heavy (non-hydrogen) atoms. The molecule has 0 N–H and O–H groups in total. The Hall–Kier alpha value is -3.05. The van der Waals surface area contributed by atoms with Crippen LogP contribution >= 0.6 is 11.8 Å². The second-order valence-corrected chi connectivity index (χ2v) is 6.48. The van der Waals surface area contributed by atoms with Crippen LogP contribution in [0.15, 0.2) is 60.9 Å². The molecule has 0 saturated heterocycles. The van der Waals surface area contributed by atoms with E-state index in [1.807, 2.05) is 48.5 Å². The van der Waals surface area contributed by atoms with E-state index in [0.29, 0.717) is 6.54 Å². The Kier molecular flexibility index (Phi) is 4.69. The first-order chi connectivity index (χ1) is 13.2. The van der Waals surface area contributed by atoms with Crippen molar-refractivity contribution in [2.24, 2.45) is 0 Å². The summed E-state index contributed by atoms with van der Waals surface area (Å²) >= 11 is 6.72. The number of ether oxygens (including phenoxy) is 2. The Labute approximate surface area is 162 Å². The van der Waals surface area contributed by atoms with Crippen LogP contribution in [0.3, 0.4) is 0 Å². The van der Waals surface area contributed by atoms with E-state index in [-0.39, 0.29) is 0 Å². The lowest BCUT2D eigenvalue weighted by molar-refractivity contribution is 0.391. The van der Waals surface area contributed by atoms with Gasteiger partial charge in [0.25, 0.3) is 0 Å². The summed E-state index contributed by atoms with van der Waals surface area (Å²) in [6, 6.07) is 15.6. The molecule has 4 aromatic rings. The normalized spacial score (nSPS) is 10.9. The molecule has 2 aromatic heterocycles. The summed E-state index contributed by atoms with van der Waals surface area (Å²) in [6.07, 6.45) is 3.54. The largest absolute Gasteiger partial charge is 0.497 e. The molecule has 2 aromatic carbocycles. The van der Waals surface area contributed by atoms with Crippen LogP contribution in [0.25, 0.3) is 21.8 Å². The fourth-order valence-electron chi connectivity index (χ4n) is 3.18. The molecule has 0 aliphatic heterocycles. The number of pyridine rings is 2. The minimum Gasteiger partial charge on any atom is -0.497 e. The number of hydrogen-bond acceptors (Lipinski definition) is 5. The molecule has 2 heterocycles. The molecular weight excluding hydrogens is 362 g/mol. The van der Waals surface area contributed by atoms with Crippen molar-refractivity contribution < 1.29 is 9.47 Å². The van der Waals surface area contributed by atoms with Gasteiger partial charge in [-0.25, -0.2) is 0 Å². The molecule has 0 radical (unpaired) electrons. The molecule has 0 unspecified atom stereocenters. The van der Waals surface area contributed by atoms with Crippen molar-refractivity contribution in [1.82, 2.24) is 9.97 Å². The Balaban J connectivity index is 1.80. The van der Waals surface area contributed by atoms with Gasteiger partial charge in [-0.2, -0.15) is 0 Å². The summed E-state index contributed by atoms with van der Waals surface area (Å²) in [4.78, 5) is 9.01. The molecule has 0 fully saturated rings. The van der Waals surface area contributed by atoms with E-state index in [9.17, 15) is 0 Å². The Bertz CT molecular complexity index is 1120. The number of nitrogens with zero attached hydrogens (tertiary/aromatic N) is 3. The van der Waals surface area contributed by atoms with Gasteiger partial charge >= 0.3 is 0 Å². The monoisotopic (exact) mass is 379 g/mol. The highest BCUT2D eigenvalue weighted by atomic mass is 35.5.